The van der Waals surface area contributed by atoms with Crippen molar-refractivity contribution >= 4 is 11.9 Å². The molecule has 0 bridgehead atoms. The van der Waals surface area contributed by atoms with E-state index in [1.54, 1.807) is 0 Å². The molecular weight excluding hydrogens is 259 g/mol. The van der Waals surface area contributed by atoms with Crippen molar-refractivity contribution in [3.8, 4) is 0 Å². The Kier molecular flexibility index (Phi) is 56.9. The monoisotopic (exact) mass is 276 g/mol. The van der Waals surface area contributed by atoms with E-state index in [-0.39, 0.29) is 51.2 Å². The van der Waals surface area contributed by atoms with Gasteiger partial charge in [0.1, 0.15) is 0 Å². The minimum absolute atomic E-state index is 0. The summed E-state index contributed by atoms with van der Waals surface area (Å²) in [6.07, 6.45) is 1.02. The van der Waals surface area contributed by atoms with E-state index in [9.17, 15) is 9.59 Å². The minimum atomic E-state index is -0.870. The normalized spacial score (nSPS) is 6.13. The first-order chi connectivity index (χ1) is 4.63. The van der Waals surface area contributed by atoms with Crippen molar-refractivity contribution in [3.05, 3.63) is 0 Å². The predicted octanol–water partition coefficient (Wildman–Crippen LogP) is -2.59. The summed E-state index contributed by atoms with van der Waals surface area (Å²) in [5, 5.41) is 16.3. The smallest absolute Gasteiger partial charge is 0.303 e. The molecule has 9 heteroatoms. The molecule has 10 N–H and O–H groups in total. The second-order valence-electron chi connectivity index (χ2n) is 1.99. The molecule has 0 saturated heterocycles. The molecular formula is C6H18NiO8. The number of aliphatic carboxylic acids is 2. The third-order valence-electron chi connectivity index (χ3n) is 1.03. The number of carbonyl (C=O) groups is 2. The molecule has 0 radical (unpaired) electrons. The Morgan fingerprint density at radius 2 is 0.933 bits per heavy atom. The molecule has 0 aromatic carbocycles. The first kappa shape index (κ1) is 36.7. The summed E-state index contributed by atoms with van der Waals surface area (Å²) in [4.78, 5) is 19.8. The van der Waals surface area contributed by atoms with Crippen molar-refractivity contribution < 1.29 is 58.2 Å². The van der Waals surface area contributed by atoms with Crippen LogP contribution < -0.4 is 0 Å². The van der Waals surface area contributed by atoms with E-state index in [0.29, 0.717) is 12.8 Å². The molecule has 0 aromatic rings. The van der Waals surface area contributed by atoms with E-state index >= 15 is 0 Å². The van der Waals surface area contributed by atoms with Crippen molar-refractivity contribution in [1.82, 2.24) is 0 Å². The Morgan fingerprint density at radius 1 is 0.733 bits per heavy atom. The predicted molar refractivity (Wildman–Crippen MR) is 48.2 cm³/mol. The molecule has 0 amide bonds. The van der Waals surface area contributed by atoms with Crippen LogP contribution in [0.15, 0.2) is 0 Å². The third-order valence-corrected chi connectivity index (χ3v) is 1.03. The van der Waals surface area contributed by atoms with Crippen LogP contribution in [0.4, 0.5) is 0 Å². The first-order valence-electron chi connectivity index (χ1n) is 3.06. The summed E-state index contributed by atoms with van der Waals surface area (Å²) in [5.74, 6) is -1.74. The number of hydrogen-bond donors (Lipinski definition) is 2. The Hall–Kier alpha value is -0.726. The number of carboxylic acids is 2. The summed E-state index contributed by atoms with van der Waals surface area (Å²) in [7, 11) is 0. The fourth-order valence-electron chi connectivity index (χ4n) is 0.552. The van der Waals surface area contributed by atoms with Crippen LogP contribution in [0.1, 0.15) is 25.7 Å². The molecule has 8 nitrogen and oxygen atoms in total. The fraction of sp³-hybridized carbons (Fsp3) is 0.667. The van der Waals surface area contributed by atoms with Crippen LogP contribution >= 0.6 is 0 Å². The molecule has 0 atom stereocenters. The standard InChI is InChI=1S/C6H10O4.Ni.4H2O/c7-5(8)3-1-2-4-6(9)10;;;;;/h1-4H2,(H,7,8)(H,9,10);;4*1H2. The molecule has 0 aliphatic rings. The number of hydrogen-bond acceptors (Lipinski definition) is 2. The van der Waals surface area contributed by atoms with Crippen LogP contribution in [0.25, 0.3) is 0 Å². The van der Waals surface area contributed by atoms with E-state index in [4.69, 9.17) is 10.2 Å². The van der Waals surface area contributed by atoms with Gasteiger partial charge >= 0.3 is 11.9 Å². The molecule has 0 aliphatic carbocycles. The quantitative estimate of drug-likeness (QED) is 0.410. The van der Waals surface area contributed by atoms with Gasteiger partial charge in [0.15, 0.2) is 0 Å². The van der Waals surface area contributed by atoms with Gasteiger partial charge in [0.25, 0.3) is 0 Å². The second-order valence-corrected chi connectivity index (χ2v) is 1.99. The Balaban J connectivity index is -0.0000000405. The van der Waals surface area contributed by atoms with Gasteiger partial charge in [-0.25, -0.2) is 0 Å². The van der Waals surface area contributed by atoms with Crippen LogP contribution in [0.2, 0.25) is 0 Å². The van der Waals surface area contributed by atoms with Gasteiger partial charge in [-0.15, -0.1) is 0 Å². The Labute approximate surface area is 96.4 Å². The Morgan fingerprint density at radius 3 is 1.07 bits per heavy atom. The van der Waals surface area contributed by atoms with Crippen molar-refractivity contribution in [2.24, 2.45) is 0 Å². The molecule has 0 unspecified atom stereocenters. The van der Waals surface area contributed by atoms with E-state index in [0.717, 1.165) is 0 Å². The molecule has 0 fully saturated rings. The van der Waals surface area contributed by atoms with E-state index in [2.05, 4.69) is 0 Å². The zero-order valence-corrected chi connectivity index (χ0v) is 8.84. The van der Waals surface area contributed by atoms with E-state index in [1.807, 2.05) is 0 Å². The molecule has 0 heterocycles. The second kappa shape index (κ2) is 23.3. The molecule has 100 valence electrons. The van der Waals surface area contributed by atoms with Gasteiger partial charge in [-0.2, -0.15) is 0 Å². The van der Waals surface area contributed by atoms with Gasteiger partial charge < -0.3 is 32.1 Å². The maximum absolute atomic E-state index is 9.90. The van der Waals surface area contributed by atoms with Gasteiger partial charge in [-0.3, -0.25) is 9.59 Å². The van der Waals surface area contributed by atoms with Crippen molar-refractivity contribution in [2.45, 2.75) is 25.7 Å². The van der Waals surface area contributed by atoms with Crippen molar-refractivity contribution in [2.75, 3.05) is 0 Å². The topological polar surface area (TPSA) is 201 Å². The van der Waals surface area contributed by atoms with E-state index < -0.39 is 11.9 Å². The molecule has 0 aromatic heterocycles. The average molecular weight is 277 g/mol. The summed E-state index contributed by atoms with van der Waals surface area (Å²) in [6, 6.07) is 0. The summed E-state index contributed by atoms with van der Waals surface area (Å²) < 4.78 is 0. The van der Waals surface area contributed by atoms with Gasteiger partial charge in [-0.05, 0) is 12.8 Å². The molecule has 15 heavy (non-hydrogen) atoms. The van der Waals surface area contributed by atoms with E-state index in [1.165, 1.54) is 0 Å². The molecule has 0 aliphatic heterocycles. The minimum Gasteiger partial charge on any atom is -0.481 e. The largest absolute Gasteiger partial charge is 0.481 e. The van der Waals surface area contributed by atoms with Crippen LogP contribution in [0, 0.1) is 0 Å². The summed E-state index contributed by atoms with van der Waals surface area (Å²) >= 11 is 0. The van der Waals surface area contributed by atoms with Crippen LogP contribution in [0.3, 0.4) is 0 Å². The molecule has 0 rings (SSSR count). The Bertz CT molecular complexity index is 123. The van der Waals surface area contributed by atoms with Crippen LogP contribution in [0.5, 0.6) is 0 Å². The van der Waals surface area contributed by atoms with Gasteiger partial charge in [0.2, 0.25) is 0 Å². The average Bonchev–Trinajstić information content (AvgIpc) is 1.79. The zero-order valence-electron chi connectivity index (χ0n) is 7.86. The maximum Gasteiger partial charge on any atom is 0.303 e. The summed E-state index contributed by atoms with van der Waals surface area (Å²) in [5.41, 5.74) is 0. The summed E-state index contributed by atoms with van der Waals surface area (Å²) in [6.45, 7) is 0. The fourth-order valence-corrected chi connectivity index (χ4v) is 0.552. The van der Waals surface area contributed by atoms with Gasteiger partial charge in [0, 0.05) is 29.3 Å². The maximum atomic E-state index is 9.90. The van der Waals surface area contributed by atoms with Crippen LogP contribution in [-0.4, -0.2) is 44.1 Å². The first-order valence-corrected chi connectivity index (χ1v) is 3.06. The number of carboxylic acid groups (broad SMARTS) is 2. The van der Waals surface area contributed by atoms with Gasteiger partial charge in [0.05, 0.1) is 0 Å². The molecule has 0 spiro atoms. The molecule has 0 saturated carbocycles. The zero-order chi connectivity index (χ0) is 7.98. The SMILES string of the molecule is O.O.O.O.O=C(O)CCCCC(=O)O.[Ni]. The van der Waals surface area contributed by atoms with Crippen molar-refractivity contribution in [3.63, 3.8) is 0 Å². The third kappa shape index (κ3) is 42.9. The van der Waals surface area contributed by atoms with Crippen molar-refractivity contribution in [1.29, 1.82) is 0 Å². The number of rotatable bonds is 5. The number of unbranched alkanes of at least 4 members (excludes halogenated alkanes) is 1. The van der Waals surface area contributed by atoms with Crippen LogP contribution in [-0.2, 0) is 26.1 Å². The van der Waals surface area contributed by atoms with Gasteiger partial charge in [-0.1, -0.05) is 0 Å².